The Morgan fingerprint density at radius 1 is 1.29 bits per heavy atom. The van der Waals surface area contributed by atoms with Crippen LogP contribution in [0.2, 0.25) is 0 Å². The Kier molecular flexibility index (Phi) is 3.69. The fourth-order valence-corrected chi connectivity index (χ4v) is 1.39. The minimum absolute atomic E-state index is 0.113. The molecule has 0 amide bonds. The van der Waals surface area contributed by atoms with Gasteiger partial charge in [0.1, 0.15) is 0 Å². The number of hydrogen-bond acceptors (Lipinski definition) is 2. The molecule has 0 saturated carbocycles. The number of aliphatic carboxylic acids is 1. The molecule has 0 bridgehead atoms. The first-order chi connectivity index (χ1) is 6.61. The maximum absolute atomic E-state index is 10.6. The summed E-state index contributed by atoms with van der Waals surface area (Å²) in [7, 11) is 0. The number of benzene rings is 1. The van der Waals surface area contributed by atoms with Crippen LogP contribution < -0.4 is 5.11 Å². The van der Waals surface area contributed by atoms with Gasteiger partial charge in [0.25, 0.3) is 0 Å². The molecule has 2 nitrogen and oxygen atoms in total. The maximum atomic E-state index is 10.6. The average Bonchev–Trinajstić information content (AvgIpc) is 2.18. The first kappa shape index (κ1) is 10.8. The summed E-state index contributed by atoms with van der Waals surface area (Å²) in [6.07, 6.45) is 0.788. The third kappa shape index (κ3) is 2.87. The highest BCUT2D eigenvalue weighted by molar-refractivity contribution is 5.67. The van der Waals surface area contributed by atoms with E-state index in [2.05, 4.69) is 0 Å². The second-order valence-electron chi connectivity index (χ2n) is 3.77. The molecule has 76 valence electrons. The van der Waals surface area contributed by atoms with Gasteiger partial charge in [0.15, 0.2) is 0 Å². The molecule has 2 heteroatoms. The van der Waals surface area contributed by atoms with Crippen LogP contribution in [0, 0.1) is 11.8 Å². The monoisotopic (exact) mass is 191 g/mol. The summed E-state index contributed by atoms with van der Waals surface area (Å²) in [5.74, 6) is -1.24. The number of hydrogen-bond donors (Lipinski definition) is 0. The minimum Gasteiger partial charge on any atom is -0.550 e. The molecule has 1 aromatic rings. The van der Waals surface area contributed by atoms with Crippen LogP contribution in [0.1, 0.15) is 19.4 Å². The molecule has 0 heterocycles. The van der Waals surface area contributed by atoms with Gasteiger partial charge in [0.05, 0.1) is 0 Å². The van der Waals surface area contributed by atoms with Crippen molar-refractivity contribution in [2.75, 3.05) is 0 Å². The molecule has 0 aliphatic carbocycles. The van der Waals surface area contributed by atoms with Crippen LogP contribution in [-0.2, 0) is 11.2 Å². The van der Waals surface area contributed by atoms with E-state index in [1.807, 2.05) is 37.3 Å². The van der Waals surface area contributed by atoms with Crippen molar-refractivity contribution < 1.29 is 9.90 Å². The van der Waals surface area contributed by atoms with Crippen LogP contribution in [-0.4, -0.2) is 5.97 Å². The Morgan fingerprint density at radius 3 is 2.36 bits per heavy atom. The van der Waals surface area contributed by atoms with Crippen LogP contribution in [0.25, 0.3) is 0 Å². The van der Waals surface area contributed by atoms with Crippen molar-refractivity contribution >= 4 is 5.97 Å². The lowest BCUT2D eigenvalue weighted by atomic mass is 9.90. The van der Waals surface area contributed by atoms with E-state index in [0.717, 1.165) is 6.42 Å². The quantitative estimate of drug-likeness (QED) is 0.718. The normalized spacial score (nSPS) is 14.7. The molecule has 0 unspecified atom stereocenters. The van der Waals surface area contributed by atoms with E-state index in [4.69, 9.17) is 0 Å². The number of carbonyl (C=O) groups is 1. The summed E-state index contributed by atoms with van der Waals surface area (Å²) in [5.41, 5.74) is 1.17. The number of carbonyl (C=O) groups excluding carboxylic acids is 1. The summed E-state index contributed by atoms with van der Waals surface area (Å²) >= 11 is 0. The van der Waals surface area contributed by atoms with Crippen LogP contribution in [0.15, 0.2) is 30.3 Å². The lowest BCUT2D eigenvalue weighted by molar-refractivity contribution is -0.312. The maximum Gasteiger partial charge on any atom is 0.0445 e. The molecular formula is C12H15O2-. The second-order valence-corrected chi connectivity index (χ2v) is 3.77. The van der Waals surface area contributed by atoms with E-state index >= 15 is 0 Å². The molecule has 2 atom stereocenters. The summed E-state index contributed by atoms with van der Waals surface area (Å²) in [5, 5.41) is 10.6. The molecule has 1 aromatic carbocycles. The molecule has 14 heavy (non-hydrogen) atoms. The van der Waals surface area contributed by atoms with Crippen LogP contribution in [0.5, 0.6) is 0 Å². The van der Waals surface area contributed by atoms with Gasteiger partial charge in [0, 0.05) is 5.97 Å². The van der Waals surface area contributed by atoms with Gasteiger partial charge in [0.2, 0.25) is 0 Å². The zero-order chi connectivity index (χ0) is 10.6. The standard InChI is InChI=1S/C12H16O2/c1-9(10(2)12(13)14)8-11-6-4-3-5-7-11/h3-7,9-10H,8H2,1-2H3,(H,13,14)/p-1/t9-,10+/m1/s1. The Balaban J connectivity index is 2.57. The largest absolute Gasteiger partial charge is 0.550 e. The van der Waals surface area contributed by atoms with Crippen molar-refractivity contribution in [1.29, 1.82) is 0 Å². The average molecular weight is 191 g/mol. The fourth-order valence-electron chi connectivity index (χ4n) is 1.39. The van der Waals surface area contributed by atoms with Crippen molar-refractivity contribution in [3.05, 3.63) is 35.9 Å². The van der Waals surface area contributed by atoms with E-state index < -0.39 is 11.9 Å². The lowest BCUT2D eigenvalue weighted by Crippen LogP contribution is -2.33. The van der Waals surface area contributed by atoms with Gasteiger partial charge in [-0.1, -0.05) is 44.2 Å². The number of carboxylic acid groups (broad SMARTS) is 1. The van der Waals surface area contributed by atoms with Gasteiger partial charge in [-0.2, -0.15) is 0 Å². The van der Waals surface area contributed by atoms with Gasteiger partial charge >= 0.3 is 0 Å². The fraction of sp³-hybridized carbons (Fsp3) is 0.417. The molecule has 0 spiro atoms. The Labute approximate surface area is 84.6 Å². The highest BCUT2D eigenvalue weighted by atomic mass is 16.4. The molecule has 0 aliphatic heterocycles. The minimum atomic E-state index is -0.964. The lowest BCUT2D eigenvalue weighted by Gasteiger charge is -2.20. The zero-order valence-electron chi connectivity index (χ0n) is 8.57. The third-order valence-electron chi connectivity index (χ3n) is 2.63. The van der Waals surface area contributed by atoms with E-state index in [-0.39, 0.29) is 5.92 Å². The zero-order valence-corrected chi connectivity index (χ0v) is 8.57. The molecule has 0 aromatic heterocycles. The Morgan fingerprint density at radius 2 is 1.86 bits per heavy atom. The summed E-state index contributed by atoms with van der Waals surface area (Å²) < 4.78 is 0. The molecule has 1 rings (SSSR count). The molecule has 0 N–H and O–H groups in total. The van der Waals surface area contributed by atoms with E-state index in [1.54, 1.807) is 6.92 Å². The molecule has 0 saturated heterocycles. The number of carboxylic acids is 1. The van der Waals surface area contributed by atoms with Gasteiger partial charge in [-0.05, 0) is 23.8 Å². The number of rotatable bonds is 4. The molecule has 0 aliphatic rings. The second kappa shape index (κ2) is 4.80. The van der Waals surface area contributed by atoms with Gasteiger partial charge in [-0.25, -0.2) is 0 Å². The van der Waals surface area contributed by atoms with Crippen LogP contribution in [0.4, 0.5) is 0 Å². The van der Waals surface area contributed by atoms with Crippen molar-refractivity contribution in [1.82, 2.24) is 0 Å². The summed E-state index contributed by atoms with van der Waals surface area (Å²) in [6.45, 7) is 3.64. The Bertz CT molecular complexity index is 292. The molecular weight excluding hydrogens is 176 g/mol. The predicted octanol–water partition coefficient (Wildman–Crippen LogP) is 1.25. The van der Waals surface area contributed by atoms with E-state index in [1.165, 1.54) is 5.56 Å². The first-order valence-corrected chi connectivity index (χ1v) is 4.86. The summed E-state index contributed by atoms with van der Waals surface area (Å²) in [4.78, 5) is 10.6. The van der Waals surface area contributed by atoms with Crippen molar-refractivity contribution in [2.45, 2.75) is 20.3 Å². The highest BCUT2D eigenvalue weighted by Gasteiger charge is 2.13. The van der Waals surface area contributed by atoms with Crippen LogP contribution >= 0.6 is 0 Å². The predicted molar refractivity (Wildman–Crippen MR) is 53.5 cm³/mol. The van der Waals surface area contributed by atoms with Crippen molar-refractivity contribution in [2.24, 2.45) is 11.8 Å². The smallest absolute Gasteiger partial charge is 0.0445 e. The summed E-state index contributed by atoms with van der Waals surface area (Å²) in [6, 6.07) is 9.91. The van der Waals surface area contributed by atoms with Crippen LogP contribution in [0.3, 0.4) is 0 Å². The van der Waals surface area contributed by atoms with Gasteiger partial charge in [-0.15, -0.1) is 0 Å². The third-order valence-corrected chi connectivity index (χ3v) is 2.63. The molecule has 0 fully saturated rings. The topological polar surface area (TPSA) is 40.1 Å². The Hall–Kier alpha value is -1.31. The van der Waals surface area contributed by atoms with Crippen molar-refractivity contribution in [3.63, 3.8) is 0 Å². The molecule has 0 radical (unpaired) electrons. The van der Waals surface area contributed by atoms with Gasteiger partial charge in [-0.3, -0.25) is 0 Å². The first-order valence-electron chi connectivity index (χ1n) is 4.86. The SMILES string of the molecule is C[C@H](Cc1ccccc1)[C@H](C)C(=O)[O-]. The van der Waals surface area contributed by atoms with Crippen molar-refractivity contribution in [3.8, 4) is 0 Å². The van der Waals surface area contributed by atoms with E-state index in [0.29, 0.717) is 0 Å². The highest BCUT2D eigenvalue weighted by Crippen LogP contribution is 2.16. The van der Waals surface area contributed by atoms with E-state index in [9.17, 15) is 9.90 Å². The van der Waals surface area contributed by atoms with Gasteiger partial charge < -0.3 is 9.90 Å².